The Morgan fingerprint density at radius 1 is 1.56 bits per heavy atom. The molecule has 0 saturated carbocycles. The summed E-state index contributed by atoms with van der Waals surface area (Å²) in [7, 11) is 0. The van der Waals surface area contributed by atoms with Gasteiger partial charge in [0.2, 0.25) is 0 Å². The minimum atomic E-state index is -1.44. The number of nitriles is 1. The number of carbonyl (C=O) groups is 1. The summed E-state index contributed by atoms with van der Waals surface area (Å²) in [5.41, 5.74) is -0.0349. The van der Waals surface area contributed by atoms with Gasteiger partial charge in [-0.3, -0.25) is 4.79 Å². The van der Waals surface area contributed by atoms with E-state index in [2.05, 4.69) is 6.58 Å². The van der Waals surface area contributed by atoms with Crippen LogP contribution in [0.25, 0.3) is 6.08 Å². The molecule has 1 N–H and O–H groups in total. The normalized spacial score (nSPS) is 13.5. The topological polar surface area (TPSA) is 61.1 Å². The van der Waals surface area contributed by atoms with Crippen molar-refractivity contribution >= 4 is 12.0 Å². The highest BCUT2D eigenvalue weighted by molar-refractivity contribution is 5.85. The summed E-state index contributed by atoms with van der Waals surface area (Å²) in [6, 6.07) is 8.74. The molecule has 16 heavy (non-hydrogen) atoms. The maximum absolute atomic E-state index is 11.2. The van der Waals surface area contributed by atoms with E-state index in [4.69, 9.17) is 10.4 Å². The van der Waals surface area contributed by atoms with Gasteiger partial charge >= 0.3 is 5.97 Å². The molecule has 0 radical (unpaired) electrons. The molecular weight excluding hydrogens is 202 g/mol. The first-order valence-corrected chi connectivity index (χ1v) is 4.98. The predicted octanol–water partition coefficient (Wildman–Crippen LogP) is 2.59. The van der Waals surface area contributed by atoms with Crippen LogP contribution in [0.1, 0.15) is 24.5 Å². The van der Waals surface area contributed by atoms with Gasteiger partial charge in [0.1, 0.15) is 0 Å². The van der Waals surface area contributed by atoms with Crippen molar-refractivity contribution in [2.24, 2.45) is 0 Å². The monoisotopic (exact) mass is 215 g/mol. The van der Waals surface area contributed by atoms with Crippen molar-refractivity contribution in [1.82, 2.24) is 0 Å². The Bertz CT molecular complexity index is 442. The Morgan fingerprint density at radius 2 is 2.12 bits per heavy atom. The van der Waals surface area contributed by atoms with Gasteiger partial charge in [0.05, 0.1) is 6.07 Å². The van der Waals surface area contributed by atoms with E-state index in [1.807, 2.05) is 6.07 Å². The van der Waals surface area contributed by atoms with Gasteiger partial charge in [0, 0.05) is 0 Å². The Kier molecular flexibility index (Phi) is 3.47. The SMILES string of the molecule is C=Cc1ccc(C(C#N)(CC)C(=O)O)cc1. The second-order valence-corrected chi connectivity index (χ2v) is 3.50. The van der Waals surface area contributed by atoms with Crippen LogP contribution in [0.5, 0.6) is 0 Å². The maximum Gasteiger partial charge on any atom is 0.328 e. The first kappa shape index (κ1) is 12.0. The maximum atomic E-state index is 11.2. The van der Waals surface area contributed by atoms with Gasteiger partial charge in [0.15, 0.2) is 5.41 Å². The van der Waals surface area contributed by atoms with Crippen molar-refractivity contribution in [3.63, 3.8) is 0 Å². The standard InChI is InChI=1S/C13H13NO2/c1-3-10-5-7-11(8-6-10)13(4-2,9-14)12(15)16/h3,5-8H,1,4H2,2H3,(H,15,16). The van der Waals surface area contributed by atoms with Crippen molar-refractivity contribution in [2.45, 2.75) is 18.8 Å². The van der Waals surface area contributed by atoms with Crippen LogP contribution in [0.4, 0.5) is 0 Å². The first-order valence-electron chi connectivity index (χ1n) is 4.98. The second kappa shape index (κ2) is 4.63. The second-order valence-electron chi connectivity index (χ2n) is 3.50. The molecule has 0 fully saturated rings. The minimum Gasteiger partial charge on any atom is -0.480 e. The molecule has 82 valence electrons. The summed E-state index contributed by atoms with van der Waals surface area (Å²) in [6.45, 7) is 5.31. The molecule has 0 saturated heterocycles. The molecule has 0 spiro atoms. The van der Waals surface area contributed by atoms with Gasteiger partial charge in [-0.1, -0.05) is 43.8 Å². The third-order valence-electron chi connectivity index (χ3n) is 2.73. The summed E-state index contributed by atoms with van der Waals surface area (Å²) in [5.74, 6) is -1.11. The van der Waals surface area contributed by atoms with Crippen LogP contribution >= 0.6 is 0 Å². The van der Waals surface area contributed by atoms with Crippen molar-refractivity contribution in [1.29, 1.82) is 5.26 Å². The Labute approximate surface area is 94.6 Å². The van der Waals surface area contributed by atoms with Crippen molar-refractivity contribution in [3.05, 3.63) is 42.0 Å². The summed E-state index contributed by atoms with van der Waals surface area (Å²) in [6.07, 6.45) is 1.91. The number of carboxylic acids is 1. The molecule has 0 aliphatic carbocycles. The molecule has 0 amide bonds. The zero-order chi connectivity index (χ0) is 12.2. The lowest BCUT2D eigenvalue weighted by Gasteiger charge is -2.20. The van der Waals surface area contributed by atoms with E-state index in [0.717, 1.165) is 5.56 Å². The summed E-state index contributed by atoms with van der Waals surface area (Å²) in [4.78, 5) is 11.2. The van der Waals surface area contributed by atoms with Crippen molar-refractivity contribution < 1.29 is 9.90 Å². The lowest BCUT2D eigenvalue weighted by Crippen LogP contribution is -2.33. The molecule has 1 rings (SSSR count). The van der Waals surface area contributed by atoms with Crippen molar-refractivity contribution in [3.8, 4) is 6.07 Å². The number of nitrogens with zero attached hydrogens (tertiary/aromatic N) is 1. The Morgan fingerprint density at radius 3 is 2.44 bits per heavy atom. The van der Waals surface area contributed by atoms with Crippen LogP contribution in [0.3, 0.4) is 0 Å². The number of hydrogen-bond donors (Lipinski definition) is 1. The fraction of sp³-hybridized carbons (Fsp3) is 0.231. The van der Waals surface area contributed by atoms with E-state index in [0.29, 0.717) is 5.56 Å². The molecule has 1 unspecified atom stereocenters. The fourth-order valence-electron chi connectivity index (χ4n) is 1.57. The van der Waals surface area contributed by atoms with Gasteiger partial charge in [0.25, 0.3) is 0 Å². The molecule has 3 heteroatoms. The number of carboxylic acid groups (broad SMARTS) is 1. The van der Waals surface area contributed by atoms with Gasteiger partial charge in [-0.25, -0.2) is 0 Å². The van der Waals surface area contributed by atoms with Crippen LogP contribution in [0, 0.1) is 11.3 Å². The summed E-state index contributed by atoms with van der Waals surface area (Å²) in [5, 5.41) is 18.2. The summed E-state index contributed by atoms with van der Waals surface area (Å²) >= 11 is 0. The highest BCUT2D eigenvalue weighted by Crippen LogP contribution is 2.28. The lowest BCUT2D eigenvalue weighted by atomic mass is 9.79. The van der Waals surface area contributed by atoms with Crippen LogP contribution in [0.2, 0.25) is 0 Å². The quantitative estimate of drug-likeness (QED) is 0.839. The largest absolute Gasteiger partial charge is 0.480 e. The molecule has 0 bridgehead atoms. The Hall–Kier alpha value is -2.08. The van der Waals surface area contributed by atoms with E-state index in [-0.39, 0.29) is 6.42 Å². The third kappa shape index (κ3) is 1.82. The highest BCUT2D eigenvalue weighted by Gasteiger charge is 2.38. The lowest BCUT2D eigenvalue weighted by molar-refractivity contribution is -0.141. The molecule has 1 aromatic carbocycles. The zero-order valence-electron chi connectivity index (χ0n) is 9.10. The van der Waals surface area contributed by atoms with Crippen LogP contribution < -0.4 is 0 Å². The molecule has 1 aromatic rings. The van der Waals surface area contributed by atoms with E-state index in [9.17, 15) is 4.79 Å². The van der Waals surface area contributed by atoms with E-state index < -0.39 is 11.4 Å². The molecule has 3 nitrogen and oxygen atoms in total. The highest BCUT2D eigenvalue weighted by atomic mass is 16.4. The summed E-state index contributed by atoms with van der Waals surface area (Å²) < 4.78 is 0. The van der Waals surface area contributed by atoms with Gasteiger partial charge in [-0.15, -0.1) is 0 Å². The van der Waals surface area contributed by atoms with E-state index in [1.54, 1.807) is 37.3 Å². The van der Waals surface area contributed by atoms with Crippen LogP contribution in [-0.2, 0) is 10.2 Å². The van der Waals surface area contributed by atoms with Gasteiger partial charge < -0.3 is 5.11 Å². The van der Waals surface area contributed by atoms with Crippen molar-refractivity contribution in [2.75, 3.05) is 0 Å². The number of benzene rings is 1. The molecular formula is C13H13NO2. The number of aliphatic carboxylic acids is 1. The van der Waals surface area contributed by atoms with Gasteiger partial charge in [-0.2, -0.15) is 5.26 Å². The first-order chi connectivity index (χ1) is 7.60. The number of rotatable bonds is 4. The fourth-order valence-corrected chi connectivity index (χ4v) is 1.57. The zero-order valence-corrected chi connectivity index (χ0v) is 9.10. The van der Waals surface area contributed by atoms with Gasteiger partial charge in [-0.05, 0) is 17.5 Å². The molecule has 0 aromatic heterocycles. The molecule has 0 aliphatic rings. The predicted molar refractivity (Wildman–Crippen MR) is 61.8 cm³/mol. The number of hydrogen-bond acceptors (Lipinski definition) is 2. The van der Waals surface area contributed by atoms with E-state index in [1.165, 1.54) is 0 Å². The third-order valence-corrected chi connectivity index (χ3v) is 2.73. The average Bonchev–Trinajstić information content (AvgIpc) is 2.32. The van der Waals surface area contributed by atoms with Crippen LogP contribution in [-0.4, -0.2) is 11.1 Å². The van der Waals surface area contributed by atoms with Crippen LogP contribution in [0.15, 0.2) is 30.8 Å². The Balaban J connectivity index is 3.28. The molecule has 0 aliphatic heterocycles. The average molecular weight is 215 g/mol. The molecule has 1 atom stereocenters. The molecule has 0 heterocycles. The van der Waals surface area contributed by atoms with E-state index >= 15 is 0 Å². The smallest absolute Gasteiger partial charge is 0.328 e. The minimum absolute atomic E-state index is 0.242.